The third-order valence-corrected chi connectivity index (χ3v) is 2.72. The monoisotopic (exact) mass is 237 g/mol. The quantitative estimate of drug-likeness (QED) is 0.856. The van der Waals surface area contributed by atoms with Gasteiger partial charge in [0.2, 0.25) is 5.91 Å². The van der Waals surface area contributed by atoms with E-state index in [2.05, 4.69) is 5.32 Å². The fourth-order valence-electron chi connectivity index (χ4n) is 1.35. The SMILES string of the molecule is CCC(C)C(=O)Nc1cc(OC)ccc1OC. The first kappa shape index (κ1) is 13.4. The Labute approximate surface area is 102 Å². The summed E-state index contributed by atoms with van der Waals surface area (Å²) >= 11 is 0. The molecule has 0 heterocycles. The van der Waals surface area contributed by atoms with Gasteiger partial charge in [0.1, 0.15) is 11.5 Å². The summed E-state index contributed by atoms with van der Waals surface area (Å²) in [6.07, 6.45) is 0.804. The first-order valence-electron chi connectivity index (χ1n) is 5.65. The second-order valence-electron chi connectivity index (χ2n) is 3.86. The summed E-state index contributed by atoms with van der Waals surface area (Å²) in [5.41, 5.74) is 0.636. The van der Waals surface area contributed by atoms with Crippen LogP contribution in [0.1, 0.15) is 20.3 Å². The fourth-order valence-corrected chi connectivity index (χ4v) is 1.35. The molecule has 0 spiro atoms. The standard InChI is InChI=1S/C13H19NO3/c1-5-9(2)13(15)14-11-8-10(16-3)6-7-12(11)17-4/h6-9H,5H2,1-4H3,(H,14,15). The molecular formula is C13H19NO3. The highest BCUT2D eigenvalue weighted by Gasteiger charge is 2.13. The van der Waals surface area contributed by atoms with E-state index in [1.807, 2.05) is 13.8 Å². The van der Waals surface area contributed by atoms with E-state index in [9.17, 15) is 4.79 Å². The van der Waals surface area contributed by atoms with Crippen molar-refractivity contribution in [3.8, 4) is 11.5 Å². The van der Waals surface area contributed by atoms with Crippen LogP contribution in [0.5, 0.6) is 11.5 Å². The molecule has 1 aromatic rings. The number of anilines is 1. The molecule has 0 aliphatic rings. The number of benzene rings is 1. The zero-order valence-corrected chi connectivity index (χ0v) is 10.7. The van der Waals surface area contributed by atoms with Gasteiger partial charge in [-0.1, -0.05) is 13.8 Å². The van der Waals surface area contributed by atoms with Gasteiger partial charge in [-0.05, 0) is 18.6 Å². The summed E-state index contributed by atoms with van der Waals surface area (Å²) in [7, 11) is 3.16. The molecule has 0 bridgehead atoms. The topological polar surface area (TPSA) is 47.6 Å². The molecular weight excluding hydrogens is 218 g/mol. The minimum Gasteiger partial charge on any atom is -0.497 e. The Morgan fingerprint density at radius 2 is 2.06 bits per heavy atom. The van der Waals surface area contributed by atoms with Gasteiger partial charge in [0.25, 0.3) is 0 Å². The Morgan fingerprint density at radius 3 is 2.59 bits per heavy atom. The van der Waals surface area contributed by atoms with Crippen molar-refractivity contribution in [3.63, 3.8) is 0 Å². The van der Waals surface area contributed by atoms with E-state index in [1.54, 1.807) is 32.4 Å². The number of nitrogens with one attached hydrogen (secondary N) is 1. The molecule has 0 aliphatic carbocycles. The first-order chi connectivity index (χ1) is 8.12. The minimum atomic E-state index is -0.0223. The third-order valence-electron chi connectivity index (χ3n) is 2.72. The van der Waals surface area contributed by atoms with Gasteiger partial charge < -0.3 is 14.8 Å². The van der Waals surface area contributed by atoms with E-state index in [4.69, 9.17) is 9.47 Å². The van der Waals surface area contributed by atoms with Crippen molar-refractivity contribution in [3.05, 3.63) is 18.2 Å². The number of amides is 1. The van der Waals surface area contributed by atoms with E-state index in [-0.39, 0.29) is 11.8 Å². The average molecular weight is 237 g/mol. The van der Waals surface area contributed by atoms with Crippen LogP contribution >= 0.6 is 0 Å². The van der Waals surface area contributed by atoms with E-state index >= 15 is 0 Å². The number of rotatable bonds is 5. The highest BCUT2D eigenvalue weighted by Crippen LogP contribution is 2.29. The lowest BCUT2D eigenvalue weighted by molar-refractivity contribution is -0.119. The van der Waals surface area contributed by atoms with Gasteiger partial charge in [0, 0.05) is 12.0 Å². The van der Waals surface area contributed by atoms with Crippen molar-refractivity contribution in [1.82, 2.24) is 0 Å². The largest absolute Gasteiger partial charge is 0.497 e. The number of methoxy groups -OCH3 is 2. The van der Waals surface area contributed by atoms with Gasteiger partial charge in [0.05, 0.1) is 19.9 Å². The maximum Gasteiger partial charge on any atom is 0.227 e. The predicted molar refractivity (Wildman–Crippen MR) is 67.6 cm³/mol. The van der Waals surface area contributed by atoms with E-state index in [0.717, 1.165) is 6.42 Å². The summed E-state index contributed by atoms with van der Waals surface area (Å²) in [6, 6.07) is 5.31. The number of hydrogen-bond acceptors (Lipinski definition) is 3. The van der Waals surface area contributed by atoms with Crippen LogP contribution in [0.3, 0.4) is 0 Å². The van der Waals surface area contributed by atoms with Crippen LogP contribution in [0, 0.1) is 5.92 Å². The van der Waals surface area contributed by atoms with Gasteiger partial charge in [-0.25, -0.2) is 0 Å². The van der Waals surface area contributed by atoms with Crippen LogP contribution in [0.4, 0.5) is 5.69 Å². The normalized spacial score (nSPS) is 11.8. The molecule has 94 valence electrons. The van der Waals surface area contributed by atoms with Crippen molar-refractivity contribution in [2.24, 2.45) is 5.92 Å². The van der Waals surface area contributed by atoms with Crippen molar-refractivity contribution >= 4 is 11.6 Å². The van der Waals surface area contributed by atoms with Crippen molar-refractivity contribution in [2.45, 2.75) is 20.3 Å². The minimum absolute atomic E-state index is 0.0148. The fraction of sp³-hybridized carbons (Fsp3) is 0.462. The number of hydrogen-bond donors (Lipinski definition) is 1. The molecule has 0 aliphatic heterocycles. The molecule has 0 aromatic heterocycles. The van der Waals surface area contributed by atoms with Crippen LogP contribution in [0.2, 0.25) is 0 Å². The van der Waals surface area contributed by atoms with Crippen LogP contribution in [-0.4, -0.2) is 20.1 Å². The van der Waals surface area contributed by atoms with E-state index < -0.39 is 0 Å². The molecule has 0 saturated carbocycles. The zero-order valence-electron chi connectivity index (χ0n) is 10.7. The Kier molecular flexibility index (Phi) is 4.82. The Morgan fingerprint density at radius 1 is 1.35 bits per heavy atom. The van der Waals surface area contributed by atoms with Gasteiger partial charge in [0.15, 0.2) is 0 Å². The lowest BCUT2D eigenvalue weighted by Gasteiger charge is -2.14. The maximum atomic E-state index is 11.8. The van der Waals surface area contributed by atoms with Crippen LogP contribution < -0.4 is 14.8 Å². The van der Waals surface area contributed by atoms with Gasteiger partial charge in [-0.3, -0.25) is 4.79 Å². The lowest BCUT2D eigenvalue weighted by atomic mass is 10.1. The van der Waals surface area contributed by atoms with Crippen LogP contribution in [-0.2, 0) is 4.79 Å². The molecule has 1 N–H and O–H groups in total. The van der Waals surface area contributed by atoms with Gasteiger partial charge >= 0.3 is 0 Å². The molecule has 4 heteroatoms. The number of ether oxygens (including phenoxy) is 2. The Bertz CT molecular complexity index is 390. The summed E-state index contributed by atoms with van der Waals surface area (Å²) in [5, 5.41) is 2.84. The van der Waals surface area contributed by atoms with Crippen molar-refractivity contribution in [2.75, 3.05) is 19.5 Å². The first-order valence-corrected chi connectivity index (χ1v) is 5.65. The smallest absolute Gasteiger partial charge is 0.227 e. The second kappa shape index (κ2) is 6.13. The molecule has 0 radical (unpaired) electrons. The summed E-state index contributed by atoms with van der Waals surface area (Å²) in [5.74, 6) is 1.28. The highest BCUT2D eigenvalue weighted by atomic mass is 16.5. The van der Waals surface area contributed by atoms with Crippen LogP contribution in [0.15, 0.2) is 18.2 Å². The number of carbonyl (C=O) groups is 1. The van der Waals surface area contributed by atoms with Crippen molar-refractivity contribution in [1.29, 1.82) is 0 Å². The summed E-state index contributed by atoms with van der Waals surface area (Å²) < 4.78 is 10.3. The maximum absolute atomic E-state index is 11.8. The molecule has 1 rings (SSSR count). The number of carbonyl (C=O) groups excluding carboxylic acids is 1. The van der Waals surface area contributed by atoms with Crippen LogP contribution in [0.25, 0.3) is 0 Å². The van der Waals surface area contributed by atoms with E-state index in [0.29, 0.717) is 17.2 Å². The second-order valence-corrected chi connectivity index (χ2v) is 3.86. The zero-order chi connectivity index (χ0) is 12.8. The highest BCUT2D eigenvalue weighted by molar-refractivity contribution is 5.93. The van der Waals surface area contributed by atoms with E-state index in [1.165, 1.54) is 0 Å². The van der Waals surface area contributed by atoms with Gasteiger partial charge in [-0.2, -0.15) is 0 Å². The van der Waals surface area contributed by atoms with Gasteiger partial charge in [-0.15, -0.1) is 0 Å². The molecule has 4 nitrogen and oxygen atoms in total. The Balaban J connectivity index is 2.91. The molecule has 1 amide bonds. The average Bonchev–Trinajstić information content (AvgIpc) is 2.37. The summed E-state index contributed by atoms with van der Waals surface area (Å²) in [4.78, 5) is 11.8. The Hall–Kier alpha value is -1.71. The predicted octanol–water partition coefficient (Wildman–Crippen LogP) is 2.69. The molecule has 17 heavy (non-hydrogen) atoms. The molecule has 1 aromatic carbocycles. The lowest BCUT2D eigenvalue weighted by Crippen LogP contribution is -2.20. The molecule has 0 saturated heterocycles. The molecule has 1 unspecified atom stereocenters. The van der Waals surface area contributed by atoms with Crippen molar-refractivity contribution < 1.29 is 14.3 Å². The third kappa shape index (κ3) is 3.37. The summed E-state index contributed by atoms with van der Waals surface area (Å²) in [6.45, 7) is 3.87. The molecule has 1 atom stereocenters. The molecule has 0 fully saturated rings.